The summed E-state index contributed by atoms with van der Waals surface area (Å²) in [4.78, 5) is 27.5. The number of benzene rings is 1. The largest absolute Gasteiger partial charge is 0.326 e. The van der Waals surface area contributed by atoms with E-state index in [2.05, 4.69) is 5.32 Å². The van der Waals surface area contributed by atoms with Crippen molar-refractivity contribution in [3.05, 3.63) is 41.3 Å². The highest BCUT2D eigenvalue weighted by Gasteiger charge is 2.38. The molecule has 3 rings (SSSR count). The van der Waals surface area contributed by atoms with Crippen LogP contribution in [0.5, 0.6) is 0 Å². The maximum absolute atomic E-state index is 12.5. The first kappa shape index (κ1) is 20.5. The second kappa shape index (κ2) is 8.85. The second-order valence-corrected chi connectivity index (χ2v) is 8.79. The number of rotatable bonds is 7. The van der Waals surface area contributed by atoms with Gasteiger partial charge in [-0.2, -0.15) is 4.31 Å². The van der Waals surface area contributed by atoms with Gasteiger partial charge < -0.3 is 5.32 Å². The third-order valence-electron chi connectivity index (χ3n) is 4.95. The first-order chi connectivity index (χ1) is 13.4. The highest BCUT2D eigenvalue weighted by molar-refractivity contribution is 7.92. The van der Waals surface area contributed by atoms with Gasteiger partial charge in [-0.1, -0.05) is 43.7 Å². The number of hydrogen-bond acceptors (Lipinski definition) is 5. The van der Waals surface area contributed by atoms with Crippen LogP contribution in [0.15, 0.2) is 35.7 Å². The number of urea groups is 1. The van der Waals surface area contributed by atoms with Crippen molar-refractivity contribution >= 4 is 28.0 Å². The molecule has 28 heavy (non-hydrogen) atoms. The third kappa shape index (κ3) is 4.78. The summed E-state index contributed by atoms with van der Waals surface area (Å²) in [6, 6.07) is 8.45. The normalized spacial score (nSPS) is 22.2. The van der Waals surface area contributed by atoms with E-state index >= 15 is 0 Å². The molecule has 2 aliphatic heterocycles. The van der Waals surface area contributed by atoms with Crippen molar-refractivity contribution in [3.8, 4) is 0 Å². The van der Waals surface area contributed by atoms with Crippen molar-refractivity contribution < 1.29 is 18.0 Å². The van der Waals surface area contributed by atoms with Crippen LogP contribution in [0.1, 0.15) is 25.3 Å². The van der Waals surface area contributed by atoms with Gasteiger partial charge >= 0.3 is 6.03 Å². The number of piperazine rings is 1. The van der Waals surface area contributed by atoms with Crippen molar-refractivity contribution in [2.45, 2.75) is 25.8 Å². The molecule has 2 heterocycles. The minimum atomic E-state index is -3.50. The van der Waals surface area contributed by atoms with Crippen LogP contribution in [0.3, 0.4) is 0 Å². The number of imide groups is 1. The molecule has 1 aromatic rings. The number of carbonyl (C=O) groups excluding carboxylic acids is 2. The van der Waals surface area contributed by atoms with Crippen LogP contribution >= 0.6 is 0 Å². The number of nitrogens with zero attached hydrogens (tertiary/aromatic N) is 3. The molecule has 3 amide bonds. The van der Waals surface area contributed by atoms with E-state index in [0.29, 0.717) is 32.6 Å². The lowest BCUT2D eigenvalue weighted by Gasteiger charge is -2.34. The summed E-state index contributed by atoms with van der Waals surface area (Å²) in [5, 5.41) is 3.93. The Kier molecular flexibility index (Phi) is 6.48. The average Bonchev–Trinajstić information content (AvgIpc) is 2.96. The molecule has 0 spiro atoms. The first-order valence-corrected chi connectivity index (χ1v) is 11.0. The van der Waals surface area contributed by atoms with Gasteiger partial charge in [0.05, 0.1) is 6.67 Å². The highest BCUT2D eigenvalue weighted by Crippen LogP contribution is 2.15. The smallest absolute Gasteiger partial charge is 0.325 e. The van der Waals surface area contributed by atoms with Crippen molar-refractivity contribution in [2.75, 3.05) is 32.8 Å². The molecule has 2 saturated heterocycles. The molecule has 152 valence electrons. The Morgan fingerprint density at radius 3 is 2.43 bits per heavy atom. The Morgan fingerprint density at radius 1 is 1.11 bits per heavy atom. The van der Waals surface area contributed by atoms with Gasteiger partial charge in [-0.25, -0.2) is 18.1 Å². The molecule has 0 aliphatic carbocycles. The van der Waals surface area contributed by atoms with Gasteiger partial charge in [0, 0.05) is 31.6 Å². The number of hydrogen-bond donors (Lipinski definition) is 1. The Balaban J connectivity index is 1.53. The van der Waals surface area contributed by atoms with E-state index in [1.807, 2.05) is 42.2 Å². The second-order valence-electron chi connectivity index (χ2n) is 6.97. The molecule has 8 nitrogen and oxygen atoms in total. The Hall–Kier alpha value is -2.23. The van der Waals surface area contributed by atoms with Crippen molar-refractivity contribution in [3.63, 3.8) is 0 Å². The fourth-order valence-corrected chi connectivity index (χ4v) is 4.51. The van der Waals surface area contributed by atoms with Gasteiger partial charge in [0.1, 0.15) is 6.04 Å². The van der Waals surface area contributed by atoms with Crippen molar-refractivity contribution in [1.29, 1.82) is 0 Å². The maximum atomic E-state index is 12.5. The van der Waals surface area contributed by atoms with Crippen LogP contribution in [-0.2, 0) is 14.8 Å². The number of sulfonamides is 1. The minimum Gasteiger partial charge on any atom is -0.326 e. The lowest BCUT2D eigenvalue weighted by molar-refractivity contribution is -0.129. The SMILES string of the molecule is CCCC1NC(=O)N(CN2CCN(S(=O)(=O)C=Cc3ccccc3)CC2)C1=O. The molecular formula is C19H26N4O4S. The van der Waals surface area contributed by atoms with Crippen LogP contribution < -0.4 is 5.32 Å². The molecule has 1 atom stereocenters. The van der Waals surface area contributed by atoms with Gasteiger partial charge in [-0.3, -0.25) is 9.69 Å². The fourth-order valence-electron chi connectivity index (χ4n) is 3.34. The molecule has 0 saturated carbocycles. The molecule has 2 aliphatic rings. The number of carbonyl (C=O) groups is 2. The molecule has 2 fully saturated rings. The molecule has 1 aromatic carbocycles. The molecule has 0 bridgehead atoms. The zero-order chi connectivity index (χ0) is 20.1. The lowest BCUT2D eigenvalue weighted by Crippen LogP contribution is -2.52. The van der Waals surface area contributed by atoms with E-state index in [1.54, 1.807) is 6.08 Å². The van der Waals surface area contributed by atoms with E-state index in [4.69, 9.17) is 0 Å². The summed E-state index contributed by atoms with van der Waals surface area (Å²) in [6.45, 7) is 3.74. The molecule has 1 N–H and O–H groups in total. The summed E-state index contributed by atoms with van der Waals surface area (Å²) in [7, 11) is -3.50. The summed E-state index contributed by atoms with van der Waals surface area (Å²) in [6.07, 6.45) is 3.03. The predicted octanol–water partition coefficient (Wildman–Crippen LogP) is 1.28. The topological polar surface area (TPSA) is 90.0 Å². The average molecular weight is 407 g/mol. The summed E-state index contributed by atoms with van der Waals surface area (Å²) in [5.41, 5.74) is 0.824. The Bertz CT molecular complexity index is 833. The zero-order valence-corrected chi connectivity index (χ0v) is 16.8. The van der Waals surface area contributed by atoms with E-state index in [9.17, 15) is 18.0 Å². The quantitative estimate of drug-likeness (QED) is 0.689. The van der Waals surface area contributed by atoms with Crippen molar-refractivity contribution in [2.24, 2.45) is 0 Å². The minimum absolute atomic E-state index is 0.193. The molecular weight excluding hydrogens is 380 g/mol. The van der Waals surface area contributed by atoms with Crippen LogP contribution in [0.2, 0.25) is 0 Å². The predicted molar refractivity (Wildman–Crippen MR) is 106 cm³/mol. The number of amides is 3. The highest BCUT2D eigenvalue weighted by atomic mass is 32.2. The standard InChI is InChI=1S/C19H26N4O4S/c1-2-6-17-18(24)23(19(25)20-17)15-21-10-12-22(13-11-21)28(26,27)14-9-16-7-4-3-5-8-16/h3-5,7-9,14,17H,2,6,10-13,15H2,1H3,(H,20,25). The number of nitrogens with one attached hydrogen (secondary N) is 1. The summed E-state index contributed by atoms with van der Waals surface area (Å²) in [5.74, 6) is -0.201. The maximum Gasteiger partial charge on any atom is 0.325 e. The van der Waals surface area contributed by atoms with Gasteiger partial charge in [-0.15, -0.1) is 0 Å². The first-order valence-electron chi connectivity index (χ1n) is 9.48. The lowest BCUT2D eigenvalue weighted by atomic mass is 10.2. The zero-order valence-electron chi connectivity index (χ0n) is 16.0. The molecule has 1 unspecified atom stereocenters. The summed E-state index contributed by atoms with van der Waals surface area (Å²) < 4.78 is 26.5. The van der Waals surface area contributed by atoms with E-state index < -0.39 is 16.1 Å². The molecule has 0 aromatic heterocycles. The Labute approximate surface area is 165 Å². The van der Waals surface area contributed by atoms with Crippen LogP contribution in [0.25, 0.3) is 6.08 Å². The fraction of sp³-hybridized carbons (Fsp3) is 0.474. The van der Waals surface area contributed by atoms with Crippen LogP contribution in [0.4, 0.5) is 4.79 Å². The summed E-state index contributed by atoms with van der Waals surface area (Å²) >= 11 is 0. The van der Waals surface area contributed by atoms with Gasteiger partial charge in [0.2, 0.25) is 10.0 Å². The van der Waals surface area contributed by atoms with E-state index in [-0.39, 0.29) is 18.6 Å². The third-order valence-corrected chi connectivity index (χ3v) is 6.51. The monoisotopic (exact) mass is 406 g/mol. The van der Waals surface area contributed by atoms with Gasteiger partial charge in [-0.05, 0) is 18.1 Å². The van der Waals surface area contributed by atoms with E-state index in [1.165, 1.54) is 14.6 Å². The molecule has 0 radical (unpaired) electrons. The van der Waals surface area contributed by atoms with Crippen LogP contribution in [-0.4, -0.2) is 73.4 Å². The Morgan fingerprint density at radius 2 is 1.79 bits per heavy atom. The van der Waals surface area contributed by atoms with Gasteiger partial charge in [0.25, 0.3) is 5.91 Å². The molecule has 9 heteroatoms. The van der Waals surface area contributed by atoms with Gasteiger partial charge in [0.15, 0.2) is 0 Å². The van der Waals surface area contributed by atoms with E-state index in [0.717, 1.165) is 12.0 Å². The van der Waals surface area contributed by atoms with Crippen LogP contribution in [0, 0.1) is 0 Å². The van der Waals surface area contributed by atoms with Crippen molar-refractivity contribution in [1.82, 2.24) is 19.4 Å².